The highest BCUT2D eigenvalue weighted by Gasteiger charge is 2.27. The van der Waals surface area contributed by atoms with E-state index in [9.17, 15) is 9.59 Å². The monoisotopic (exact) mass is 366 g/mol. The zero-order valence-electron chi connectivity index (χ0n) is 15.4. The summed E-state index contributed by atoms with van der Waals surface area (Å²) in [6, 6.07) is 19.8. The van der Waals surface area contributed by atoms with Crippen molar-refractivity contribution in [2.24, 2.45) is 5.92 Å². The minimum atomic E-state index is -0.727. The Morgan fingerprint density at radius 2 is 1.33 bits per heavy atom. The lowest BCUT2D eigenvalue weighted by Gasteiger charge is -2.30. The fourth-order valence-electron chi connectivity index (χ4n) is 3.56. The predicted octanol–water partition coefficient (Wildman–Crippen LogP) is 4.04. The average molecular weight is 366 g/mol. The van der Waals surface area contributed by atoms with Crippen LogP contribution in [0.3, 0.4) is 0 Å². The van der Waals surface area contributed by atoms with Crippen molar-refractivity contribution >= 4 is 12.0 Å². The van der Waals surface area contributed by atoms with Crippen LogP contribution in [-0.2, 0) is 17.9 Å². The van der Waals surface area contributed by atoms with Crippen LogP contribution < -0.4 is 5.32 Å². The summed E-state index contributed by atoms with van der Waals surface area (Å²) in [6.07, 6.45) is 2.68. The van der Waals surface area contributed by atoms with Gasteiger partial charge in [0.05, 0.1) is 5.92 Å². The van der Waals surface area contributed by atoms with E-state index >= 15 is 0 Å². The van der Waals surface area contributed by atoms with Gasteiger partial charge in [-0.25, -0.2) is 4.79 Å². The molecule has 3 rings (SSSR count). The van der Waals surface area contributed by atoms with E-state index in [2.05, 4.69) is 5.32 Å². The van der Waals surface area contributed by atoms with Crippen LogP contribution in [0.15, 0.2) is 60.7 Å². The normalized spacial score (nSPS) is 19.3. The van der Waals surface area contributed by atoms with Crippen LogP contribution >= 0.6 is 0 Å². The van der Waals surface area contributed by atoms with Gasteiger partial charge in [0.2, 0.25) is 0 Å². The molecule has 0 heterocycles. The summed E-state index contributed by atoms with van der Waals surface area (Å²) in [6.45, 7) is 1.07. The summed E-state index contributed by atoms with van der Waals surface area (Å²) >= 11 is 0. The van der Waals surface area contributed by atoms with Gasteiger partial charge in [-0.2, -0.15) is 0 Å². The van der Waals surface area contributed by atoms with E-state index in [4.69, 9.17) is 5.11 Å². The number of nitrogens with one attached hydrogen (secondary N) is 1. The van der Waals surface area contributed by atoms with Crippen molar-refractivity contribution in [1.29, 1.82) is 0 Å². The second-order valence-corrected chi connectivity index (χ2v) is 7.16. The molecule has 0 bridgehead atoms. The zero-order valence-corrected chi connectivity index (χ0v) is 15.4. The molecule has 1 aliphatic carbocycles. The number of carboxylic acid groups (broad SMARTS) is 1. The molecule has 142 valence electrons. The molecule has 0 unspecified atom stereocenters. The van der Waals surface area contributed by atoms with E-state index in [1.54, 1.807) is 0 Å². The molecule has 2 amide bonds. The van der Waals surface area contributed by atoms with Crippen molar-refractivity contribution in [2.45, 2.75) is 44.8 Å². The first kappa shape index (κ1) is 19.0. The Morgan fingerprint density at radius 3 is 1.78 bits per heavy atom. The molecule has 2 aromatic rings. The van der Waals surface area contributed by atoms with Crippen molar-refractivity contribution < 1.29 is 14.7 Å². The Hall–Kier alpha value is -2.82. The molecule has 5 heteroatoms. The average Bonchev–Trinajstić information content (AvgIpc) is 2.69. The Balaban J connectivity index is 1.64. The molecule has 2 N–H and O–H groups in total. The minimum Gasteiger partial charge on any atom is -0.481 e. The zero-order chi connectivity index (χ0) is 19.1. The van der Waals surface area contributed by atoms with Crippen molar-refractivity contribution in [3.63, 3.8) is 0 Å². The third-order valence-electron chi connectivity index (χ3n) is 5.12. The van der Waals surface area contributed by atoms with Gasteiger partial charge in [-0.05, 0) is 36.8 Å². The number of rotatable bonds is 6. The predicted molar refractivity (Wildman–Crippen MR) is 104 cm³/mol. The van der Waals surface area contributed by atoms with Crippen LogP contribution in [0.2, 0.25) is 0 Å². The lowest BCUT2D eigenvalue weighted by atomic mass is 9.86. The van der Waals surface area contributed by atoms with Crippen molar-refractivity contribution in [3.05, 3.63) is 71.8 Å². The van der Waals surface area contributed by atoms with Crippen LogP contribution in [0.4, 0.5) is 4.79 Å². The second kappa shape index (κ2) is 9.21. The third kappa shape index (κ3) is 5.58. The van der Waals surface area contributed by atoms with E-state index in [1.807, 2.05) is 65.6 Å². The molecule has 0 spiro atoms. The lowest BCUT2D eigenvalue weighted by molar-refractivity contribution is -0.142. The van der Waals surface area contributed by atoms with Gasteiger partial charge >= 0.3 is 12.0 Å². The van der Waals surface area contributed by atoms with Crippen LogP contribution in [0.5, 0.6) is 0 Å². The Labute approximate surface area is 160 Å². The molecule has 27 heavy (non-hydrogen) atoms. The molecule has 1 fully saturated rings. The Kier molecular flexibility index (Phi) is 6.47. The number of hydrogen-bond donors (Lipinski definition) is 2. The summed E-state index contributed by atoms with van der Waals surface area (Å²) in [7, 11) is 0. The maximum absolute atomic E-state index is 12.9. The lowest BCUT2D eigenvalue weighted by Crippen LogP contribution is -2.45. The van der Waals surface area contributed by atoms with E-state index < -0.39 is 5.97 Å². The summed E-state index contributed by atoms with van der Waals surface area (Å²) in [4.78, 5) is 25.8. The largest absolute Gasteiger partial charge is 0.481 e. The van der Waals surface area contributed by atoms with Crippen LogP contribution in [-0.4, -0.2) is 28.0 Å². The van der Waals surface area contributed by atoms with E-state index in [1.165, 1.54) is 0 Å². The maximum atomic E-state index is 12.9. The molecule has 1 aliphatic rings. The van der Waals surface area contributed by atoms with Crippen LogP contribution in [0.1, 0.15) is 36.8 Å². The van der Waals surface area contributed by atoms with Gasteiger partial charge in [-0.15, -0.1) is 0 Å². The van der Waals surface area contributed by atoms with Crippen molar-refractivity contribution in [1.82, 2.24) is 10.2 Å². The third-order valence-corrected chi connectivity index (χ3v) is 5.12. The molecule has 0 aliphatic heterocycles. The maximum Gasteiger partial charge on any atom is 0.318 e. The molecule has 0 saturated heterocycles. The first-order valence-corrected chi connectivity index (χ1v) is 9.48. The number of nitrogens with zero attached hydrogens (tertiary/aromatic N) is 1. The summed E-state index contributed by atoms with van der Waals surface area (Å²) < 4.78 is 0. The van der Waals surface area contributed by atoms with Crippen molar-refractivity contribution in [2.75, 3.05) is 0 Å². The number of hydrogen-bond acceptors (Lipinski definition) is 2. The number of benzene rings is 2. The number of amides is 2. The van der Waals surface area contributed by atoms with Crippen molar-refractivity contribution in [3.8, 4) is 0 Å². The number of urea groups is 1. The summed E-state index contributed by atoms with van der Waals surface area (Å²) in [5, 5.41) is 12.2. The van der Waals surface area contributed by atoms with Gasteiger partial charge in [0.15, 0.2) is 0 Å². The van der Waals surface area contributed by atoms with Gasteiger partial charge in [0.25, 0.3) is 0 Å². The van der Waals surface area contributed by atoms with Gasteiger partial charge in [-0.3, -0.25) is 4.79 Å². The highest BCUT2D eigenvalue weighted by atomic mass is 16.4. The highest BCUT2D eigenvalue weighted by molar-refractivity contribution is 5.75. The Bertz CT molecular complexity index is 699. The quantitative estimate of drug-likeness (QED) is 0.810. The fourth-order valence-corrected chi connectivity index (χ4v) is 3.56. The van der Waals surface area contributed by atoms with Gasteiger partial charge in [0.1, 0.15) is 0 Å². The number of carbonyl (C=O) groups excluding carboxylic acids is 1. The van der Waals surface area contributed by atoms with Crippen LogP contribution in [0.25, 0.3) is 0 Å². The second-order valence-electron chi connectivity index (χ2n) is 7.16. The topological polar surface area (TPSA) is 69.6 Å². The van der Waals surface area contributed by atoms with Gasteiger partial charge < -0.3 is 15.3 Å². The molecule has 5 nitrogen and oxygen atoms in total. The van der Waals surface area contributed by atoms with Gasteiger partial charge in [-0.1, -0.05) is 60.7 Å². The number of carboxylic acids is 1. The Morgan fingerprint density at radius 1 is 0.852 bits per heavy atom. The van der Waals surface area contributed by atoms with E-state index in [0.717, 1.165) is 11.1 Å². The molecule has 0 aromatic heterocycles. The van der Waals surface area contributed by atoms with E-state index in [-0.39, 0.29) is 18.0 Å². The standard InChI is InChI=1S/C22H26N2O3/c25-21(26)19-11-13-20(14-12-19)23-22(27)24(15-17-7-3-1-4-8-17)16-18-9-5-2-6-10-18/h1-10,19-20H,11-16H2,(H,23,27)(H,25,26). The summed E-state index contributed by atoms with van der Waals surface area (Å²) in [5.74, 6) is -1.00. The van der Waals surface area contributed by atoms with Gasteiger partial charge in [0, 0.05) is 19.1 Å². The van der Waals surface area contributed by atoms with E-state index in [0.29, 0.717) is 38.8 Å². The number of carbonyl (C=O) groups is 2. The molecular weight excluding hydrogens is 340 g/mol. The first-order chi connectivity index (χ1) is 13.1. The molecule has 0 atom stereocenters. The highest BCUT2D eigenvalue weighted by Crippen LogP contribution is 2.24. The summed E-state index contributed by atoms with van der Waals surface area (Å²) in [5.41, 5.74) is 2.16. The molecule has 2 aromatic carbocycles. The molecule has 0 radical (unpaired) electrons. The minimum absolute atomic E-state index is 0.0437. The fraction of sp³-hybridized carbons (Fsp3) is 0.364. The number of aliphatic carboxylic acids is 1. The molecule has 1 saturated carbocycles. The molecular formula is C22H26N2O3. The first-order valence-electron chi connectivity index (χ1n) is 9.48. The van der Waals surface area contributed by atoms with Crippen LogP contribution in [0, 0.1) is 5.92 Å². The smallest absolute Gasteiger partial charge is 0.318 e. The SMILES string of the molecule is O=C(O)C1CCC(NC(=O)N(Cc2ccccc2)Cc2ccccc2)CC1.